The zero-order valence-electron chi connectivity index (χ0n) is 22.5. The summed E-state index contributed by atoms with van der Waals surface area (Å²) in [5.74, 6) is -0.526. The second kappa shape index (κ2) is 12.8. The maximum atomic E-state index is 13.7. The van der Waals surface area contributed by atoms with Crippen LogP contribution in [0.5, 0.6) is 0 Å². The van der Waals surface area contributed by atoms with Crippen LogP contribution in [-0.4, -0.2) is 76.2 Å². The van der Waals surface area contributed by atoms with Crippen LogP contribution in [0.15, 0.2) is 24.3 Å². The maximum Gasteiger partial charge on any atom is 0.248 e. The van der Waals surface area contributed by atoms with E-state index >= 15 is 0 Å². The van der Waals surface area contributed by atoms with E-state index in [0.29, 0.717) is 51.0 Å². The Kier molecular flexibility index (Phi) is 9.54. The molecule has 3 amide bonds. The van der Waals surface area contributed by atoms with Crippen molar-refractivity contribution in [2.75, 3.05) is 25.0 Å². The maximum absolute atomic E-state index is 13.7. The molecule has 208 valence electrons. The number of carbonyl (C=O) groups is 4. The third-order valence-electron chi connectivity index (χ3n) is 8.56. The van der Waals surface area contributed by atoms with Gasteiger partial charge in [0, 0.05) is 31.9 Å². The van der Waals surface area contributed by atoms with Gasteiger partial charge in [-0.1, -0.05) is 44.7 Å². The summed E-state index contributed by atoms with van der Waals surface area (Å²) >= 11 is 0. The average molecular weight is 527 g/mol. The van der Waals surface area contributed by atoms with Gasteiger partial charge in [-0.25, -0.2) is 0 Å². The van der Waals surface area contributed by atoms with Crippen LogP contribution in [0.2, 0.25) is 0 Å². The van der Waals surface area contributed by atoms with E-state index in [-0.39, 0.29) is 30.1 Å². The highest BCUT2D eigenvalue weighted by molar-refractivity contribution is 6.00. The number of unbranched alkanes of at least 4 members (excludes halogenated alkanes) is 1. The highest BCUT2D eigenvalue weighted by Crippen LogP contribution is 2.36. The lowest BCUT2D eigenvalue weighted by molar-refractivity contribution is -0.166. The van der Waals surface area contributed by atoms with Crippen LogP contribution in [0.4, 0.5) is 5.69 Å². The van der Waals surface area contributed by atoms with Gasteiger partial charge in [0.1, 0.15) is 17.9 Å². The minimum Gasteiger partial charge on any atom is -0.390 e. The summed E-state index contributed by atoms with van der Waals surface area (Å²) in [7, 11) is 0. The number of piperazine rings is 1. The van der Waals surface area contributed by atoms with E-state index in [9.17, 15) is 24.3 Å². The molecule has 3 N–H and O–H groups in total. The number of piperidine rings is 1. The van der Waals surface area contributed by atoms with Crippen LogP contribution in [0.25, 0.3) is 0 Å². The number of nitrogens with zero attached hydrogens (tertiary/aromatic N) is 2. The number of hydrogen-bond acceptors (Lipinski definition) is 6. The van der Waals surface area contributed by atoms with Gasteiger partial charge in [-0.3, -0.25) is 19.3 Å². The molecule has 1 aliphatic carbocycles. The quantitative estimate of drug-likeness (QED) is 0.319. The summed E-state index contributed by atoms with van der Waals surface area (Å²) in [6.07, 6.45) is 7.55. The predicted molar refractivity (Wildman–Crippen MR) is 144 cm³/mol. The van der Waals surface area contributed by atoms with Crippen LogP contribution in [-0.2, 0) is 25.7 Å². The van der Waals surface area contributed by atoms with Crippen LogP contribution in [0.3, 0.4) is 0 Å². The molecule has 9 heteroatoms. The molecule has 2 heterocycles. The number of aliphatic hydroxyl groups is 1. The largest absolute Gasteiger partial charge is 0.390 e. The summed E-state index contributed by atoms with van der Waals surface area (Å²) < 4.78 is 0. The van der Waals surface area contributed by atoms with Crippen molar-refractivity contribution in [3.63, 3.8) is 0 Å². The van der Waals surface area contributed by atoms with E-state index in [1.165, 1.54) is 6.42 Å². The molecule has 4 rings (SSSR count). The number of hydrogen-bond donors (Lipinski definition) is 3. The molecule has 38 heavy (non-hydrogen) atoms. The minimum absolute atomic E-state index is 0.0617. The fourth-order valence-electron chi connectivity index (χ4n) is 6.28. The first-order valence-electron chi connectivity index (χ1n) is 14.2. The van der Waals surface area contributed by atoms with E-state index in [4.69, 9.17) is 0 Å². The molecule has 2 saturated heterocycles. The molecular formula is C29H42N4O5. The normalized spacial score (nSPS) is 23.2. The molecule has 2 atom stereocenters. The number of aliphatic hydroxyl groups excluding tert-OH is 1. The Morgan fingerprint density at radius 2 is 1.84 bits per heavy atom. The predicted octanol–water partition coefficient (Wildman–Crippen LogP) is 2.62. The second-order valence-electron chi connectivity index (χ2n) is 11.1. The minimum atomic E-state index is -0.863. The summed E-state index contributed by atoms with van der Waals surface area (Å²) in [5.41, 5.74) is 0.863. The van der Waals surface area contributed by atoms with Gasteiger partial charge >= 0.3 is 0 Å². The number of amides is 3. The van der Waals surface area contributed by atoms with E-state index in [0.717, 1.165) is 44.1 Å². The SMILES string of the molecule is CCCCN1C(=O)[C@@H]([C@H](O)C2CCCCC2)NC(=O)C12CCN(Cc1ccc(NC(=O)CC=O)cc1)CC2. The molecule has 1 aromatic rings. The first kappa shape index (κ1) is 28.2. The molecule has 1 aromatic carbocycles. The Balaban J connectivity index is 1.40. The highest BCUT2D eigenvalue weighted by Gasteiger charge is 2.55. The molecule has 0 bridgehead atoms. The molecule has 0 radical (unpaired) electrons. The molecule has 0 aromatic heterocycles. The van der Waals surface area contributed by atoms with Gasteiger partial charge in [-0.15, -0.1) is 0 Å². The number of carbonyl (C=O) groups excluding carboxylic acids is 4. The summed E-state index contributed by atoms with van der Waals surface area (Å²) in [4.78, 5) is 53.6. The molecule has 2 aliphatic heterocycles. The van der Waals surface area contributed by atoms with Gasteiger partial charge in [0.2, 0.25) is 17.7 Å². The monoisotopic (exact) mass is 526 g/mol. The fourth-order valence-corrected chi connectivity index (χ4v) is 6.28. The Morgan fingerprint density at radius 1 is 1.16 bits per heavy atom. The van der Waals surface area contributed by atoms with Crippen molar-refractivity contribution in [1.29, 1.82) is 0 Å². The van der Waals surface area contributed by atoms with Crippen molar-refractivity contribution < 1.29 is 24.3 Å². The lowest BCUT2D eigenvalue weighted by atomic mass is 9.78. The average Bonchev–Trinajstić information content (AvgIpc) is 2.93. The zero-order chi connectivity index (χ0) is 27.1. The van der Waals surface area contributed by atoms with Crippen LogP contribution in [0.1, 0.15) is 76.7 Å². The van der Waals surface area contributed by atoms with Gasteiger partial charge < -0.3 is 25.4 Å². The molecule has 9 nitrogen and oxygen atoms in total. The third kappa shape index (κ3) is 6.26. The summed E-state index contributed by atoms with van der Waals surface area (Å²) in [6, 6.07) is 6.68. The van der Waals surface area contributed by atoms with Gasteiger partial charge in [-0.2, -0.15) is 0 Å². The van der Waals surface area contributed by atoms with Crippen LogP contribution in [0, 0.1) is 5.92 Å². The smallest absolute Gasteiger partial charge is 0.248 e. The second-order valence-corrected chi connectivity index (χ2v) is 11.1. The van der Waals surface area contributed by atoms with Crippen molar-refractivity contribution in [2.24, 2.45) is 5.92 Å². The molecule has 1 saturated carbocycles. The van der Waals surface area contributed by atoms with E-state index in [1.54, 1.807) is 4.90 Å². The molecular weight excluding hydrogens is 484 g/mol. The van der Waals surface area contributed by atoms with Gasteiger partial charge in [0.05, 0.1) is 12.5 Å². The third-order valence-corrected chi connectivity index (χ3v) is 8.56. The standard InChI is InChI=1S/C29H42N4O5/c1-2-3-16-33-27(37)25(26(36)22-7-5-4-6-8-22)31-28(38)29(33)14-17-32(18-15-29)20-21-9-11-23(12-10-21)30-24(35)13-19-34/h9-12,19,22,25-26,36H,2-8,13-18,20H2,1H3,(H,30,35)(H,31,38)/t25-,26-/m1/s1. The Morgan fingerprint density at radius 3 is 2.47 bits per heavy atom. The summed E-state index contributed by atoms with van der Waals surface area (Å²) in [6.45, 7) is 4.67. The van der Waals surface area contributed by atoms with Crippen molar-refractivity contribution in [3.8, 4) is 0 Å². The first-order chi connectivity index (χ1) is 18.4. The lowest BCUT2D eigenvalue weighted by Gasteiger charge is -2.52. The number of benzene rings is 1. The van der Waals surface area contributed by atoms with Crippen LogP contribution >= 0.6 is 0 Å². The lowest BCUT2D eigenvalue weighted by Crippen LogP contribution is -2.75. The Labute approximate surface area is 225 Å². The van der Waals surface area contributed by atoms with Crippen LogP contribution < -0.4 is 10.6 Å². The van der Waals surface area contributed by atoms with Crippen molar-refractivity contribution in [2.45, 2.75) is 95.4 Å². The van der Waals surface area contributed by atoms with E-state index < -0.39 is 17.7 Å². The molecule has 3 fully saturated rings. The van der Waals surface area contributed by atoms with Gasteiger partial charge in [0.25, 0.3) is 0 Å². The van der Waals surface area contributed by atoms with Gasteiger partial charge in [0.15, 0.2) is 0 Å². The highest BCUT2D eigenvalue weighted by atomic mass is 16.3. The molecule has 1 spiro atoms. The Bertz CT molecular complexity index is 983. The van der Waals surface area contributed by atoms with Crippen molar-refractivity contribution >= 4 is 29.7 Å². The zero-order valence-corrected chi connectivity index (χ0v) is 22.5. The van der Waals surface area contributed by atoms with E-state index in [2.05, 4.69) is 22.5 Å². The number of aldehydes is 1. The Hall–Kier alpha value is -2.78. The fraction of sp³-hybridized carbons (Fsp3) is 0.655. The van der Waals surface area contributed by atoms with Gasteiger partial charge in [-0.05, 0) is 55.7 Å². The van der Waals surface area contributed by atoms with Crippen molar-refractivity contribution in [1.82, 2.24) is 15.1 Å². The number of anilines is 1. The number of rotatable bonds is 10. The topological polar surface area (TPSA) is 119 Å². The van der Waals surface area contributed by atoms with E-state index in [1.807, 2.05) is 24.3 Å². The summed E-state index contributed by atoms with van der Waals surface area (Å²) in [5, 5.41) is 16.8. The molecule has 3 aliphatic rings. The first-order valence-corrected chi connectivity index (χ1v) is 14.2. The van der Waals surface area contributed by atoms with Crippen molar-refractivity contribution in [3.05, 3.63) is 29.8 Å². The number of nitrogens with one attached hydrogen (secondary N) is 2. The molecule has 0 unspecified atom stereocenters. The number of likely N-dealkylation sites (tertiary alicyclic amines) is 1.